The molecule has 0 saturated heterocycles. The molecule has 122 valence electrons. The van der Waals surface area contributed by atoms with Gasteiger partial charge in [0.15, 0.2) is 0 Å². The number of aryl methyl sites for hydroxylation is 1. The van der Waals surface area contributed by atoms with Crippen LogP contribution >= 0.6 is 0 Å². The average Bonchev–Trinajstić information content (AvgIpc) is 2.60. The van der Waals surface area contributed by atoms with Gasteiger partial charge in [0.2, 0.25) is 0 Å². The van der Waals surface area contributed by atoms with E-state index in [0.717, 1.165) is 23.0 Å². The minimum absolute atomic E-state index is 0.173. The predicted molar refractivity (Wildman–Crippen MR) is 96.7 cm³/mol. The Hall–Kier alpha value is -2.88. The third kappa shape index (κ3) is 3.54. The maximum Gasteiger partial charge on any atom is 0.255 e. The van der Waals surface area contributed by atoms with Gasteiger partial charge in [-0.25, -0.2) is 0 Å². The van der Waals surface area contributed by atoms with Gasteiger partial charge >= 0.3 is 0 Å². The summed E-state index contributed by atoms with van der Waals surface area (Å²) in [6.45, 7) is 4.62. The summed E-state index contributed by atoms with van der Waals surface area (Å²) in [6, 6.07) is 16.9. The number of nitrogens with one attached hydrogen (secondary N) is 1. The number of hydrogen-bond donors (Lipinski definition) is 1. The maximum atomic E-state index is 12.6. The Morgan fingerprint density at radius 2 is 1.96 bits per heavy atom. The summed E-state index contributed by atoms with van der Waals surface area (Å²) in [4.78, 5) is 17.1. The van der Waals surface area contributed by atoms with Gasteiger partial charge < -0.3 is 10.1 Å². The Balaban J connectivity index is 1.86. The van der Waals surface area contributed by atoms with Crippen molar-refractivity contribution >= 4 is 22.5 Å². The van der Waals surface area contributed by atoms with Crippen molar-refractivity contribution in [2.45, 2.75) is 20.3 Å². The zero-order valence-corrected chi connectivity index (χ0v) is 13.9. The summed E-state index contributed by atoms with van der Waals surface area (Å²) in [7, 11) is 0. The van der Waals surface area contributed by atoms with E-state index in [1.165, 1.54) is 0 Å². The summed E-state index contributed by atoms with van der Waals surface area (Å²) in [6.07, 6.45) is 0.928. The van der Waals surface area contributed by atoms with Gasteiger partial charge in [0.1, 0.15) is 5.75 Å². The molecule has 1 heterocycles. The molecule has 2 aromatic carbocycles. The SMILES string of the molecule is CCCOc1cccc(C(=O)Nc2cccc3ccc(C)nc23)c1. The van der Waals surface area contributed by atoms with E-state index in [9.17, 15) is 4.79 Å². The van der Waals surface area contributed by atoms with Gasteiger partial charge in [-0.15, -0.1) is 0 Å². The molecule has 0 aliphatic carbocycles. The van der Waals surface area contributed by atoms with Gasteiger partial charge in [0.05, 0.1) is 17.8 Å². The molecule has 1 amide bonds. The lowest BCUT2D eigenvalue weighted by atomic mass is 10.1. The molecule has 4 heteroatoms. The van der Waals surface area contributed by atoms with Crippen LogP contribution in [0.1, 0.15) is 29.4 Å². The fourth-order valence-electron chi connectivity index (χ4n) is 2.49. The van der Waals surface area contributed by atoms with Crippen LogP contribution in [0.25, 0.3) is 10.9 Å². The number of anilines is 1. The van der Waals surface area contributed by atoms with Gasteiger partial charge in [0, 0.05) is 16.6 Å². The van der Waals surface area contributed by atoms with Crippen LogP contribution in [0.4, 0.5) is 5.69 Å². The van der Waals surface area contributed by atoms with Crippen LogP contribution in [0.15, 0.2) is 54.6 Å². The van der Waals surface area contributed by atoms with Crippen molar-refractivity contribution in [3.8, 4) is 5.75 Å². The fourth-order valence-corrected chi connectivity index (χ4v) is 2.49. The number of pyridine rings is 1. The van der Waals surface area contributed by atoms with Crippen molar-refractivity contribution in [1.82, 2.24) is 4.98 Å². The molecule has 0 spiro atoms. The Bertz CT molecular complexity index is 874. The molecule has 1 aromatic heterocycles. The lowest BCUT2D eigenvalue weighted by molar-refractivity contribution is 0.102. The first-order valence-electron chi connectivity index (χ1n) is 8.08. The van der Waals surface area contributed by atoms with Crippen molar-refractivity contribution in [2.75, 3.05) is 11.9 Å². The first-order valence-corrected chi connectivity index (χ1v) is 8.08. The third-order valence-electron chi connectivity index (χ3n) is 3.68. The first-order chi connectivity index (χ1) is 11.7. The van der Waals surface area contributed by atoms with E-state index in [4.69, 9.17) is 4.74 Å². The number of carbonyl (C=O) groups excluding carboxylic acids is 1. The van der Waals surface area contributed by atoms with E-state index in [-0.39, 0.29) is 5.91 Å². The Morgan fingerprint density at radius 1 is 1.12 bits per heavy atom. The molecule has 1 N–H and O–H groups in total. The van der Waals surface area contributed by atoms with E-state index < -0.39 is 0 Å². The Kier molecular flexibility index (Phi) is 4.75. The second-order valence-electron chi connectivity index (χ2n) is 5.66. The number of nitrogens with zero attached hydrogens (tertiary/aromatic N) is 1. The summed E-state index contributed by atoms with van der Waals surface area (Å²) in [5.74, 6) is 0.532. The molecule has 4 nitrogen and oxygen atoms in total. The number of benzene rings is 2. The molecule has 0 saturated carbocycles. The van der Waals surface area contributed by atoms with Crippen LogP contribution in [0.3, 0.4) is 0 Å². The number of carbonyl (C=O) groups is 1. The second-order valence-corrected chi connectivity index (χ2v) is 5.66. The van der Waals surface area contributed by atoms with Gasteiger partial charge in [-0.2, -0.15) is 0 Å². The van der Waals surface area contributed by atoms with Gasteiger partial charge in [-0.1, -0.05) is 31.2 Å². The Labute approximate surface area is 141 Å². The van der Waals surface area contributed by atoms with Gasteiger partial charge in [-0.05, 0) is 43.7 Å². The second kappa shape index (κ2) is 7.13. The van der Waals surface area contributed by atoms with E-state index in [1.807, 2.05) is 56.3 Å². The standard InChI is InChI=1S/C20H20N2O2/c1-3-12-24-17-8-4-7-16(13-17)20(23)22-18-9-5-6-15-11-10-14(2)21-19(15)18/h4-11,13H,3,12H2,1-2H3,(H,22,23). The molecular weight excluding hydrogens is 300 g/mol. The largest absolute Gasteiger partial charge is 0.494 e. The lowest BCUT2D eigenvalue weighted by Gasteiger charge is -2.10. The number of aromatic nitrogens is 1. The highest BCUT2D eigenvalue weighted by atomic mass is 16.5. The highest BCUT2D eigenvalue weighted by Gasteiger charge is 2.10. The lowest BCUT2D eigenvalue weighted by Crippen LogP contribution is -2.12. The molecule has 0 bridgehead atoms. The molecule has 3 rings (SSSR count). The number of rotatable bonds is 5. The average molecular weight is 320 g/mol. The van der Waals surface area contributed by atoms with Crippen LogP contribution in [0, 0.1) is 6.92 Å². The first kappa shape index (κ1) is 16.0. The summed E-state index contributed by atoms with van der Waals surface area (Å²) >= 11 is 0. The van der Waals surface area contributed by atoms with Gasteiger partial charge in [0.25, 0.3) is 5.91 Å². The topological polar surface area (TPSA) is 51.2 Å². The van der Waals surface area contributed by atoms with Crippen LogP contribution in [-0.2, 0) is 0 Å². The minimum Gasteiger partial charge on any atom is -0.494 e. The number of amides is 1. The predicted octanol–water partition coefficient (Wildman–Crippen LogP) is 4.58. The Morgan fingerprint density at radius 3 is 2.79 bits per heavy atom. The zero-order chi connectivity index (χ0) is 16.9. The third-order valence-corrected chi connectivity index (χ3v) is 3.68. The molecule has 0 aliphatic heterocycles. The molecule has 0 unspecified atom stereocenters. The smallest absolute Gasteiger partial charge is 0.255 e. The fraction of sp³-hybridized carbons (Fsp3) is 0.200. The van der Waals surface area contributed by atoms with E-state index in [2.05, 4.69) is 10.3 Å². The number of fused-ring (bicyclic) bond motifs is 1. The van der Waals surface area contributed by atoms with Crippen molar-refractivity contribution in [2.24, 2.45) is 0 Å². The van der Waals surface area contributed by atoms with Crippen LogP contribution in [-0.4, -0.2) is 17.5 Å². The molecule has 3 aromatic rings. The van der Waals surface area contributed by atoms with Crippen LogP contribution < -0.4 is 10.1 Å². The highest BCUT2D eigenvalue weighted by Crippen LogP contribution is 2.23. The quantitative estimate of drug-likeness (QED) is 0.748. The van der Waals surface area contributed by atoms with E-state index in [0.29, 0.717) is 23.6 Å². The van der Waals surface area contributed by atoms with Crippen LogP contribution in [0.2, 0.25) is 0 Å². The van der Waals surface area contributed by atoms with Crippen molar-refractivity contribution < 1.29 is 9.53 Å². The van der Waals surface area contributed by atoms with Crippen molar-refractivity contribution in [1.29, 1.82) is 0 Å². The molecule has 24 heavy (non-hydrogen) atoms. The normalized spacial score (nSPS) is 10.6. The van der Waals surface area contributed by atoms with E-state index >= 15 is 0 Å². The zero-order valence-electron chi connectivity index (χ0n) is 13.9. The molecule has 0 aliphatic rings. The summed E-state index contributed by atoms with van der Waals surface area (Å²) < 4.78 is 5.59. The summed E-state index contributed by atoms with van der Waals surface area (Å²) in [5, 5.41) is 3.95. The summed E-state index contributed by atoms with van der Waals surface area (Å²) in [5.41, 5.74) is 2.98. The minimum atomic E-state index is -0.173. The highest BCUT2D eigenvalue weighted by molar-refractivity contribution is 6.08. The molecule has 0 fully saturated rings. The number of para-hydroxylation sites is 1. The molecule has 0 atom stereocenters. The number of hydrogen-bond acceptors (Lipinski definition) is 3. The molecular formula is C20H20N2O2. The molecule has 0 radical (unpaired) electrons. The van der Waals surface area contributed by atoms with Crippen molar-refractivity contribution in [3.05, 3.63) is 65.9 Å². The monoisotopic (exact) mass is 320 g/mol. The van der Waals surface area contributed by atoms with E-state index in [1.54, 1.807) is 12.1 Å². The van der Waals surface area contributed by atoms with Crippen LogP contribution in [0.5, 0.6) is 5.75 Å². The van der Waals surface area contributed by atoms with Gasteiger partial charge in [-0.3, -0.25) is 9.78 Å². The maximum absolute atomic E-state index is 12.6. The van der Waals surface area contributed by atoms with Crippen molar-refractivity contribution in [3.63, 3.8) is 0 Å². The number of ether oxygens (including phenoxy) is 1.